The first kappa shape index (κ1) is 20.9. The Morgan fingerprint density at radius 1 is 1.19 bits per heavy atom. The van der Waals surface area contributed by atoms with E-state index in [1.54, 1.807) is 19.1 Å². The van der Waals surface area contributed by atoms with Gasteiger partial charge < -0.3 is 15.0 Å². The fourth-order valence-electron chi connectivity index (χ4n) is 2.48. The van der Waals surface area contributed by atoms with Gasteiger partial charge >= 0.3 is 0 Å². The number of carbonyl (C=O) groups is 2. The summed E-state index contributed by atoms with van der Waals surface area (Å²) in [7, 11) is 0. The lowest BCUT2D eigenvalue weighted by molar-refractivity contribution is -0.142. The molecule has 2 aromatic carbocycles. The summed E-state index contributed by atoms with van der Waals surface area (Å²) in [6, 6.07) is 12.7. The Morgan fingerprint density at radius 3 is 2.48 bits per heavy atom. The minimum Gasteiger partial charge on any atom is -0.481 e. The van der Waals surface area contributed by atoms with Crippen molar-refractivity contribution in [1.82, 2.24) is 10.2 Å². The number of nitrogens with zero attached hydrogens (tertiary/aromatic N) is 1. The van der Waals surface area contributed by atoms with Gasteiger partial charge in [0.1, 0.15) is 6.04 Å². The molecule has 2 aromatic rings. The first-order valence-corrected chi connectivity index (χ1v) is 9.40. The number of amides is 2. The number of ether oxygens (including phenoxy) is 1. The first-order chi connectivity index (χ1) is 12.9. The summed E-state index contributed by atoms with van der Waals surface area (Å²) in [5.41, 5.74) is 0.869. The molecule has 144 valence electrons. The van der Waals surface area contributed by atoms with Gasteiger partial charge in [0.15, 0.2) is 18.2 Å². The highest BCUT2D eigenvalue weighted by Gasteiger charge is 2.26. The average Bonchev–Trinajstić information content (AvgIpc) is 2.66. The molecule has 0 aliphatic carbocycles. The second kappa shape index (κ2) is 10.1. The van der Waals surface area contributed by atoms with Crippen LogP contribution < -0.4 is 10.1 Å². The Balaban J connectivity index is 2.14. The van der Waals surface area contributed by atoms with Crippen molar-refractivity contribution >= 4 is 27.7 Å². The van der Waals surface area contributed by atoms with Crippen molar-refractivity contribution < 1.29 is 18.7 Å². The molecular weight excluding hydrogens is 415 g/mol. The molecule has 1 N–H and O–H groups in total. The van der Waals surface area contributed by atoms with E-state index in [1.807, 2.05) is 31.2 Å². The maximum atomic E-state index is 13.7. The Bertz CT molecular complexity index is 783. The second-order valence-corrected chi connectivity index (χ2v) is 6.85. The molecule has 0 aliphatic rings. The van der Waals surface area contributed by atoms with Gasteiger partial charge in [0.25, 0.3) is 5.91 Å². The van der Waals surface area contributed by atoms with Gasteiger partial charge in [-0.05, 0) is 43.7 Å². The number of halogens is 2. The zero-order chi connectivity index (χ0) is 19.8. The van der Waals surface area contributed by atoms with Crippen LogP contribution in [0.15, 0.2) is 53.0 Å². The van der Waals surface area contributed by atoms with Crippen LogP contribution in [-0.2, 0) is 16.1 Å². The molecule has 0 bridgehead atoms. The van der Waals surface area contributed by atoms with E-state index in [2.05, 4.69) is 21.2 Å². The third-order valence-corrected chi connectivity index (χ3v) is 4.50. The van der Waals surface area contributed by atoms with Gasteiger partial charge in [0.2, 0.25) is 5.91 Å². The lowest BCUT2D eigenvalue weighted by Gasteiger charge is -2.28. The predicted octanol–water partition coefficient (Wildman–Crippen LogP) is 3.52. The number of carbonyl (C=O) groups excluding carboxylic acids is 2. The minimum absolute atomic E-state index is 0.0000967. The zero-order valence-corrected chi connectivity index (χ0v) is 16.8. The molecule has 0 radical (unpaired) electrons. The van der Waals surface area contributed by atoms with E-state index < -0.39 is 17.8 Å². The fourth-order valence-corrected chi connectivity index (χ4v) is 2.74. The van der Waals surface area contributed by atoms with Gasteiger partial charge in [-0.2, -0.15) is 0 Å². The molecule has 27 heavy (non-hydrogen) atoms. The number of para-hydroxylation sites is 1. The van der Waals surface area contributed by atoms with Gasteiger partial charge in [-0.15, -0.1) is 0 Å². The standard InChI is InChI=1S/C20H22BrFN2O3/c1-3-23-20(26)14(2)24(12-15-8-10-16(21)11-9-15)19(25)13-27-18-7-5-4-6-17(18)22/h4-11,14H,3,12-13H2,1-2H3,(H,23,26)/t14-/m0/s1. The van der Waals surface area contributed by atoms with Crippen molar-refractivity contribution in [3.63, 3.8) is 0 Å². The van der Waals surface area contributed by atoms with E-state index in [0.717, 1.165) is 10.0 Å². The minimum atomic E-state index is -0.690. The molecule has 0 heterocycles. The monoisotopic (exact) mass is 436 g/mol. The summed E-state index contributed by atoms with van der Waals surface area (Å²) < 4.78 is 19.9. The number of nitrogens with one attached hydrogen (secondary N) is 1. The average molecular weight is 437 g/mol. The number of hydrogen-bond acceptors (Lipinski definition) is 3. The molecule has 0 aliphatic heterocycles. The molecule has 0 saturated heterocycles. The molecule has 1 atom stereocenters. The Hall–Kier alpha value is -2.41. The number of rotatable bonds is 8. The van der Waals surface area contributed by atoms with Crippen molar-refractivity contribution in [2.24, 2.45) is 0 Å². The normalized spacial score (nSPS) is 11.6. The van der Waals surface area contributed by atoms with Gasteiger partial charge in [-0.25, -0.2) is 4.39 Å². The summed E-state index contributed by atoms with van der Waals surface area (Å²) in [6.45, 7) is 3.82. The summed E-state index contributed by atoms with van der Waals surface area (Å²) >= 11 is 3.37. The van der Waals surface area contributed by atoms with Crippen molar-refractivity contribution in [2.45, 2.75) is 26.4 Å². The third kappa shape index (κ3) is 6.06. The summed E-state index contributed by atoms with van der Waals surface area (Å²) in [5.74, 6) is -1.20. The Labute approximate surface area is 166 Å². The maximum Gasteiger partial charge on any atom is 0.261 e. The van der Waals surface area contributed by atoms with Crippen LogP contribution in [0.5, 0.6) is 5.75 Å². The molecular formula is C20H22BrFN2O3. The topological polar surface area (TPSA) is 58.6 Å². The van der Waals surface area contributed by atoms with Gasteiger partial charge in [-0.1, -0.05) is 40.2 Å². The number of hydrogen-bond donors (Lipinski definition) is 1. The molecule has 0 unspecified atom stereocenters. The van der Waals surface area contributed by atoms with Gasteiger partial charge in [0.05, 0.1) is 0 Å². The first-order valence-electron chi connectivity index (χ1n) is 8.61. The predicted molar refractivity (Wildman–Crippen MR) is 105 cm³/mol. The summed E-state index contributed by atoms with van der Waals surface area (Å²) in [6.07, 6.45) is 0. The SMILES string of the molecule is CCNC(=O)[C@H](C)N(Cc1ccc(Br)cc1)C(=O)COc1ccccc1F. The summed E-state index contributed by atoms with van der Waals surface area (Å²) in [5, 5.41) is 2.72. The Morgan fingerprint density at radius 2 is 1.85 bits per heavy atom. The van der Waals surface area contributed by atoms with Crippen molar-refractivity contribution in [2.75, 3.05) is 13.2 Å². The van der Waals surface area contributed by atoms with Crippen LogP contribution in [0.2, 0.25) is 0 Å². The van der Waals surface area contributed by atoms with Gasteiger partial charge in [-0.3, -0.25) is 9.59 Å². The van der Waals surface area contributed by atoms with E-state index >= 15 is 0 Å². The largest absolute Gasteiger partial charge is 0.481 e. The molecule has 2 rings (SSSR count). The molecule has 5 nitrogen and oxygen atoms in total. The van der Waals surface area contributed by atoms with Crippen LogP contribution in [-0.4, -0.2) is 35.9 Å². The molecule has 0 spiro atoms. The van der Waals surface area contributed by atoms with Crippen LogP contribution in [0, 0.1) is 5.82 Å². The Kier molecular flexibility index (Phi) is 7.79. The highest BCUT2D eigenvalue weighted by Crippen LogP contribution is 2.17. The number of likely N-dealkylation sites (N-methyl/N-ethyl adjacent to an activating group) is 1. The van der Waals surface area contributed by atoms with E-state index in [9.17, 15) is 14.0 Å². The quantitative estimate of drug-likeness (QED) is 0.688. The van der Waals surface area contributed by atoms with E-state index in [1.165, 1.54) is 17.0 Å². The fraction of sp³-hybridized carbons (Fsp3) is 0.300. The highest BCUT2D eigenvalue weighted by molar-refractivity contribution is 9.10. The zero-order valence-electron chi connectivity index (χ0n) is 15.2. The molecule has 0 saturated carbocycles. The van der Waals surface area contributed by atoms with Crippen LogP contribution in [0.4, 0.5) is 4.39 Å². The smallest absolute Gasteiger partial charge is 0.261 e. The maximum absolute atomic E-state index is 13.7. The summed E-state index contributed by atoms with van der Waals surface area (Å²) in [4.78, 5) is 26.4. The van der Waals surface area contributed by atoms with E-state index in [4.69, 9.17) is 4.74 Å². The third-order valence-electron chi connectivity index (χ3n) is 3.97. The highest BCUT2D eigenvalue weighted by atomic mass is 79.9. The van der Waals surface area contributed by atoms with Crippen LogP contribution >= 0.6 is 15.9 Å². The van der Waals surface area contributed by atoms with Crippen molar-refractivity contribution in [3.8, 4) is 5.75 Å². The lowest BCUT2D eigenvalue weighted by atomic mass is 10.1. The van der Waals surface area contributed by atoms with Gasteiger partial charge in [0, 0.05) is 17.6 Å². The van der Waals surface area contributed by atoms with E-state index in [0.29, 0.717) is 6.54 Å². The molecule has 0 aromatic heterocycles. The van der Waals surface area contributed by atoms with Crippen LogP contribution in [0.25, 0.3) is 0 Å². The van der Waals surface area contributed by atoms with E-state index in [-0.39, 0.29) is 24.8 Å². The number of benzene rings is 2. The lowest BCUT2D eigenvalue weighted by Crippen LogP contribution is -2.49. The molecule has 0 fully saturated rings. The molecule has 7 heteroatoms. The van der Waals surface area contributed by atoms with Crippen molar-refractivity contribution in [3.05, 3.63) is 64.4 Å². The van der Waals surface area contributed by atoms with Crippen LogP contribution in [0.1, 0.15) is 19.4 Å². The molecule has 2 amide bonds. The van der Waals surface area contributed by atoms with Crippen LogP contribution in [0.3, 0.4) is 0 Å². The second-order valence-electron chi connectivity index (χ2n) is 5.94. The van der Waals surface area contributed by atoms with Crippen molar-refractivity contribution in [1.29, 1.82) is 0 Å².